The molecule has 0 N–H and O–H groups in total. The SMILES string of the molecule is C=CC1=C(/C=C\C)c2ccc(-c3cc(-c4ccc5c(c4)C(C)(C)C(C=C)=C5/C=C\C)cc(-c4ccc5oc6cccc(C(N=C)=NC(=NCc7ccccc7)c7ccccc7)c6c5c4)c3)cc2C1(C)C. The summed E-state index contributed by atoms with van der Waals surface area (Å²) < 4.78 is 6.59. The van der Waals surface area contributed by atoms with Gasteiger partial charge < -0.3 is 4.42 Å². The minimum absolute atomic E-state index is 0.211. The number of hydrogen-bond donors (Lipinski definition) is 0. The van der Waals surface area contributed by atoms with E-state index in [1.165, 1.54) is 44.5 Å². The molecule has 0 aliphatic heterocycles. The molecule has 0 saturated carbocycles. The molecule has 0 radical (unpaired) electrons. The monoisotopic (exact) mass is 907 g/mol. The van der Waals surface area contributed by atoms with Crippen molar-refractivity contribution in [3.05, 3.63) is 251 Å². The number of benzene rings is 7. The fourth-order valence-electron chi connectivity index (χ4n) is 10.8. The topological polar surface area (TPSA) is 50.2 Å². The van der Waals surface area contributed by atoms with Crippen LogP contribution in [0.4, 0.5) is 0 Å². The molecule has 4 heteroatoms. The molecule has 4 nitrogen and oxygen atoms in total. The summed E-state index contributed by atoms with van der Waals surface area (Å²) in [7, 11) is 0. The van der Waals surface area contributed by atoms with Crippen molar-refractivity contribution in [2.75, 3.05) is 0 Å². The maximum absolute atomic E-state index is 6.59. The first-order valence-corrected chi connectivity index (χ1v) is 24.1. The molecule has 1 aromatic heterocycles. The van der Waals surface area contributed by atoms with Crippen LogP contribution >= 0.6 is 0 Å². The van der Waals surface area contributed by atoms with Crippen LogP contribution < -0.4 is 0 Å². The van der Waals surface area contributed by atoms with Gasteiger partial charge in [-0.3, -0.25) is 4.99 Å². The summed E-state index contributed by atoms with van der Waals surface area (Å²) in [6.45, 7) is 26.4. The van der Waals surface area contributed by atoms with E-state index in [0.29, 0.717) is 18.2 Å². The van der Waals surface area contributed by atoms with Crippen LogP contribution in [0.1, 0.15) is 80.5 Å². The minimum Gasteiger partial charge on any atom is -0.456 e. The highest BCUT2D eigenvalue weighted by Crippen LogP contribution is 2.51. The highest BCUT2D eigenvalue weighted by Gasteiger charge is 2.37. The fourth-order valence-corrected chi connectivity index (χ4v) is 10.8. The molecule has 2 aliphatic carbocycles. The van der Waals surface area contributed by atoms with Gasteiger partial charge in [0.1, 0.15) is 11.2 Å². The van der Waals surface area contributed by atoms with Gasteiger partial charge in [0, 0.05) is 32.7 Å². The maximum atomic E-state index is 6.59. The third-order valence-electron chi connectivity index (χ3n) is 14.3. The lowest BCUT2D eigenvalue weighted by Gasteiger charge is -2.24. The Morgan fingerprint density at radius 3 is 1.60 bits per heavy atom. The molecule has 0 spiro atoms. The van der Waals surface area contributed by atoms with Gasteiger partial charge in [-0.1, -0.05) is 180 Å². The van der Waals surface area contributed by atoms with Crippen LogP contribution in [0.3, 0.4) is 0 Å². The minimum atomic E-state index is -0.211. The highest BCUT2D eigenvalue weighted by atomic mass is 16.3. The van der Waals surface area contributed by atoms with E-state index in [0.717, 1.165) is 72.0 Å². The first kappa shape index (κ1) is 45.6. The standard InChI is InChI=1S/C66H57N3O/c1-10-21-50-52-32-29-45(39-58(52)65(5,6)56(50)12-3)48-35-47(36-49(37-48)46-30-33-53-51(22-11-2)57(13-4)66(7,8)59(53)40-46)44-31-34-60-55(38-44)62-54(27-20-28-61(62)70-60)64(67-9)69-63(43-25-18-15-19-26-43)68-41-42-23-16-14-17-24-42/h10-40H,3-4,9,41H2,1-2,5-8H3/b21-10-,22-11-,68-63?,69-64?. The van der Waals surface area contributed by atoms with Crippen LogP contribution in [-0.2, 0) is 17.4 Å². The lowest BCUT2D eigenvalue weighted by atomic mass is 9.79. The first-order valence-electron chi connectivity index (χ1n) is 24.1. The van der Waals surface area contributed by atoms with Crippen molar-refractivity contribution in [2.45, 2.75) is 58.9 Å². The van der Waals surface area contributed by atoms with Gasteiger partial charge in [0.2, 0.25) is 0 Å². The Morgan fingerprint density at radius 2 is 1.07 bits per heavy atom. The number of nitrogens with zero attached hydrogens (tertiary/aromatic N) is 3. The Balaban J connectivity index is 1.14. The molecule has 10 rings (SSSR count). The molecular formula is C66H57N3O. The van der Waals surface area contributed by atoms with Gasteiger partial charge in [0.15, 0.2) is 11.7 Å². The Morgan fingerprint density at radius 1 is 0.543 bits per heavy atom. The van der Waals surface area contributed by atoms with E-state index in [2.05, 4.69) is 176 Å². The van der Waals surface area contributed by atoms with Crippen LogP contribution in [0.15, 0.2) is 232 Å². The lowest BCUT2D eigenvalue weighted by molar-refractivity contribution is 0.654. The number of furan rings is 1. The molecule has 342 valence electrons. The molecule has 7 aromatic carbocycles. The van der Waals surface area contributed by atoms with Gasteiger partial charge in [-0.15, -0.1) is 0 Å². The molecule has 0 unspecified atom stereocenters. The average Bonchev–Trinajstić information content (AvgIpc) is 3.94. The molecule has 0 bridgehead atoms. The number of fused-ring (bicyclic) bond motifs is 5. The van der Waals surface area contributed by atoms with Gasteiger partial charge >= 0.3 is 0 Å². The summed E-state index contributed by atoms with van der Waals surface area (Å²) in [5.74, 6) is 1.05. The Kier molecular flexibility index (Phi) is 12.0. The van der Waals surface area contributed by atoms with E-state index < -0.39 is 0 Å². The van der Waals surface area contributed by atoms with Gasteiger partial charge in [0.05, 0.1) is 6.54 Å². The molecule has 1 heterocycles. The van der Waals surface area contributed by atoms with E-state index in [-0.39, 0.29) is 10.8 Å². The molecule has 0 saturated heterocycles. The summed E-state index contributed by atoms with van der Waals surface area (Å²) in [6, 6.07) is 53.7. The van der Waals surface area contributed by atoms with Crippen molar-refractivity contribution in [3.8, 4) is 33.4 Å². The predicted octanol–water partition coefficient (Wildman–Crippen LogP) is 17.3. The van der Waals surface area contributed by atoms with Gasteiger partial charge in [0.25, 0.3) is 0 Å². The summed E-state index contributed by atoms with van der Waals surface area (Å²) in [5, 5.41) is 1.88. The smallest absolute Gasteiger partial charge is 0.161 e. The summed E-state index contributed by atoms with van der Waals surface area (Å²) in [4.78, 5) is 14.7. The van der Waals surface area contributed by atoms with E-state index in [4.69, 9.17) is 14.4 Å². The van der Waals surface area contributed by atoms with Crippen LogP contribution in [0, 0.1) is 0 Å². The largest absolute Gasteiger partial charge is 0.456 e. The molecular weight excluding hydrogens is 851 g/mol. The van der Waals surface area contributed by atoms with Crippen molar-refractivity contribution in [1.29, 1.82) is 0 Å². The summed E-state index contributed by atoms with van der Waals surface area (Å²) in [5.41, 5.74) is 20.7. The maximum Gasteiger partial charge on any atom is 0.161 e. The molecule has 0 fully saturated rings. The van der Waals surface area contributed by atoms with Crippen molar-refractivity contribution in [1.82, 2.24) is 0 Å². The first-order chi connectivity index (χ1) is 34.0. The second kappa shape index (κ2) is 18.4. The van der Waals surface area contributed by atoms with Gasteiger partial charge in [-0.25, -0.2) is 9.98 Å². The Bertz CT molecular complexity index is 3500. The number of hydrogen-bond acceptors (Lipinski definition) is 2. The average molecular weight is 908 g/mol. The van der Waals surface area contributed by atoms with Gasteiger partial charge in [-0.2, -0.15) is 0 Å². The zero-order valence-corrected chi connectivity index (χ0v) is 41.0. The molecule has 70 heavy (non-hydrogen) atoms. The molecule has 2 aliphatic rings. The van der Waals surface area contributed by atoms with E-state index >= 15 is 0 Å². The van der Waals surface area contributed by atoms with E-state index in [9.17, 15) is 0 Å². The van der Waals surface area contributed by atoms with Crippen LogP contribution in [0.2, 0.25) is 0 Å². The van der Waals surface area contributed by atoms with Crippen molar-refractivity contribution >= 4 is 51.5 Å². The molecule has 0 atom stereocenters. The quantitative estimate of drug-likeness (QED) is 0.0942. The van der Waals surface area contributed by atoms with Crippen molar-refractivity contribution < 1.29 is 4.42 Å². The predicted molar refractivity (Wildman–Crippen MR) is 299 cm³/mol. The van der Waals surface area contributed by atoms with Crippen LogP contribution in [-0.4, -0.2) is 18.4 Å². The summed E-state index contributed by atoms with van der Waals surface area (Å²) >= 11 is 0. The van der Waals surface area contributed by atoms with Gasteiger partial charge in [-0.05, 0) is 153 Å². The van der Waals surface area contributed by atoms with Crippen LogP contribution in [0.5, 0.6) is 0 Å². The van der Waals surface area contributed by atoms with Crippen LogP contribution in [0.25, 0.3) is 66.5 Å². The normalized spacial score (nSPS) is 15.4. The number of rotatable bonds is 11. The highest BCUT2D eigenvalue weighted by molar-refractivity contribution is 6.22. The zero-order valence-electron chi connectivity index (χ0n) is 41.0. The number of allylic oxidation sites excluding steroid dienone is 10. The summed E-state index contributed by atoms with van der Waals surface area (Å²) in [6.07, 6.45) is 12.7. The zero-order chi connectivity index (χ0) is 48.7. The molecule has 8 aromatic rings. The second-order valence-corrected chi connectivity index (χ2v) is 19.2. The molecule has 0 amide bonds. The number of aliphatic imine (C=N–C) groups is 3. The Labute approximate surface area is 412 Å². The van der Waals surface area contributed by atoms with Crippen molar-refractivity contribution in [3.63, 3.8) is 0 Å². The third-order valence-corrected chi connectivity index (χ3v) is 14.3. The second-order valence-electron chi connectivity index (χ2n) is 19.2. The van der Waals surface area contributed by atoms with Crippen molar-refractivity contribution in [2.24, 2.45) is 15.0 Å². The van der Waals surface area contributed by atoms with E-state index in [1.807, 2.05) is 78.9 Å². The fraction of sp³-hybridized carbons (Fsp3) is 0.136. The Hall–Kier alpha value is -8.21. The number of amidine groups is 2. The third kappa shape index (κ3) is 7.89. The lowest BCUT2D eigenvalue weighted by Crippen LogP contribution is -2.16. The van der Waals surface area contributed by atoms with E-state index in [1.54, 1.807) is 0 Å².